The molecule has 2 rings (SSSR count). The standard InChI is InChI=1S/C12H24N2/c1-2-14-9-4-3-6-11(14)10-12(13)7-5-8-12/h11H,2-10,13H2,1H3. The first kappa shape index (κ1) is 10.4. The molecule has 1 aliphatic carbocycles. The van der Waals surface area contributed by atoms with Crippen molar-refractivity contribution in [1.29, 1.82) is 0 Å². The Labute approximate surface area is 87.8 Å². The monoisotopic (exact) mass is 196 g/mol. The Morgan fingerprint density at radius 2 is 2.07 bits per heavy atom. The van der Waals surface area contributed by atoms with Crippen molar-refractivity contribution in [2.24, 2.45) is 5.73 Å². The maximum atomic E-state index is 6.32. The molecule has 82 valence electrons. The minimum Gasteiger partial charge on any atom is -0.325 e. The molecule has 1 atom stereocenters. The van der Waals surface area contributed by atoms with E-state index in [-0.39, 0.29) is 5.54 Å². The first-order valence-corrected chi connectivity index (χ1v) is 6.26. The lowest BCUT2D eigenvalue weighted by molar-refractivity contribution is 0.0975. The molecule has 1 saturated carbocycles. The molecule has 1 heterocycles. The second-order valence-electron chi connectivity index (χ2n) is 5.20. The molecule has 0 aromatic rings. The zero-order valence-corrected chi connectivity index (χ0v) is 9.47. The van der Waals surface area contributed by atoms with E-state index in [1.54, 1.807) is 0 Å². The molecule has 2 heteroatoms. The fourth-order valence-corrected chi connectivity index (χ4v) is 3.01. The van der Waals surface area contributed by atoms with E-state index in [1.165, 1.54) is 58.0 Å². The van der Waals surface area contributed by atoms with Gasteiger partial charge in [-0.3, -0.25) is 0 Å². The zero-order chi connectivity index (χ0) is 10.0. The Kier molecular flexibility index (Phi) is 3.13. The molecule has 0 bridgehead atoms. The molecule has 1 aliphatic heterocycles. The van der Waals surface area contributed by atoms with E-state index in [0.29, 0.717) is 0 Å². The van der Waals surface area contributed by atoms with Gasteiger partial charge in [0.25, 0.3) is 0 Å². The zero-order valence-electron chi connectivity index (χ0n) is 9.47. The molecule has 0 amide bonds. The quantitative estimate of drug-likeness (QED) is 0.749. The van der Waals surface area contributed by atoms with Crippen molar-refractivity contribution in [2.75, 3.05) is 13.1 Å². The van der Waals surface area contributed by atoms with Gasteiger partial charge >= 0.3 is 0 Å². The Bertz CT molecular complexity index is 187. The highest BCUT2D eigenvalue weighted by Gasteiger charge is 2.36. The second-order valence-corrected chi connectivity index (χ2v) is 5.20. The van der Waals surface area contributed by atoms with E-state index < -0.39 is 0 Å². The number of likely N-dealkylation sites (tertiary alicyclic amines) is 1. The maximum Gasteiger partial charge on any atom is 0.0169 e. The summed E-state index contributed by atoms with van der Waals surface area (Å²) < 4.78 is 0. The summed E-state index contributed by atoms with van der Waals surface area (Å²) in [7, 11) is 0. The second kappa shape index (κ2) is 4.19. The van der Waals surface area contributed by atoms with Crippen molar-refractivity contribution in [3.05, 3.63) is 0 Å². The summed E-state index contributed by atoms with van der Waals surface area (Å²) in [5.41, 5.74) is 6.54. The summed E-state index contributed by atoms with van der Waals surface area (Å²) in [6, 6.07) is 0.791. The topological polar surface area (TPSA) is 29.3 Å². The fourth-order valence-electron chi connectivity index (χ4n) is 3.01. The number of hydrogen-bond donors (Lipinski definition) is 1. The fraction of sp³-hybridized carbons (Fsp3) is 1.00. The minimum atomic E-state index is 0.218. The summed E-state index contributed by atoms with van der Waals surface area (Å²) in [6.45, 7) is 4.79. The van der Waals surface area contributed by atoms with Crippen molar-refractivity contribution in [1.82, 2.24) is 4.90 Å². The van der Waals surface area contributed by atoms with Gasteiger partial charge in [-0.2, -0.15) is 0 Å². The van der Waals surface area contributed by atoms with E-state index in [0.717, 1.165) is 6.04 Å². The predicted octanol–water partition coefficient (Wildman–Crippen LogP) is 2.13. The molecule has 0 aromatic carbocycles. The minimum absolute atomic E-state index is 0.218. The third-order valence-electron chi connectivity index (χ3n) is 4.15. The van der Waals surface area contributed by atoms with E-state index >= 15 is 0 Å². The van der Waals surface area contributed by atoms with Gasteiger partial charge in [-0.05, 0) is 51.6 Å². The average molecular weight is 196 g/mol. The van der Waals surface area contributed by atoms with Gasteiger partial charge < -0.3 is 10.6 Å². The number of hydrogen-bond acceptors (Lipinski definition) is 2. The van der Waals surface area contributed by atoms with E-state index in [9.17, 15) is 0 Å². The third kappa shape index (κ3) is 2.12. The molecule has 0 aromatic heterocycles. The van der Waals surface area contributed by atoms with E-state index in [1.807, 2.05) is 0 Å². The van der Waals surface area contributed by atoms with Gasteiger partial charge in [0.2, 0.25) is 0 Å². The summed E-state index contributed by atoms with van der Waals surface area (Å²) in [5.74, 6) is 0. The lowest BCUT2D eigenvalue weighted by Gasteiger charge is -2.45. The van der Waals surface area contributed by atoms with Crippen LogP contribution >= 0.6 is 0 Å². The number of nitrogens with two attached hydrogens (primary N) is 1. The summed E-state index contributed by atoms with van der Waals surface area (Å²) in [5, 5.41) is 0. The number of rotatable bonds is 3. The normalized spacial score (nSPS) is 32.6. The van der Waals surface area contributed by atoms with Gasteiger partial charge in [-0.1, -0.05) is 13.3 Å². The van der Waals surface area contributed by atoms with Crippen molar-refractivity contribution >= 4 is 0 Å². The molecule has 0 radical (unpaired) electrons. The van der Waals surface area contributed by atoms with Crippen LogP contribution in [0.25, 0.3) is 0 Å². The number of piperidine rings is 1. The highest BCUT2D eigenvalue weighted by atomic mass is 15.2. The van der Waals surface area contributed by atoms with E-state index in [2.05, 4.69) is 11.8 Å². The molecule has 1 unspecified atom stereocenters. The van der Waals surface area contributed by atoms with Crippen LogP contribution < -0.4 is 5.73 Å². The van der Waals surface area contributed by atoms with Crippen LogP contribution in [0.5, 0.6) is 0 Å². The first-order valence-electron chi connectivity index (χ1n) is 6.26. The van der Waals surface area contributed by atoms with Gasteiger partial charge in [0.1, 0.15) is 0 Å². The summed E-state index contributed by atoms with van der Waals surface area (Å²) in [4.78, 5) is 2.64. The largest absolute Gasteiger partial charge is 0.325 e. The van der Waals surface area contributed by atoms with Crippen LogP contribution in [0.2, 0.25) is 0 Å². The lowest BCUT2D eigenvalue weighted by atomic mass is 9.72. The summed E-state index contributed by atoms with van der Waals surface area (Å²) >= 11 is 0. The first-order chi connectivity index (χ1) is 6.73. The van der Waals surface area contributed by atoms with Gasteiger partial charge in [-0.15, -0.1) is 0 Å². The van der Waals surface area contributed by atoms with Crippen LogP contribution in [0.3, 0.4) is 0 Å². The molecule has 1 saturated heterocycles. The molecule has 2 fully saturated rings. The van der Waals surface area contributed by atoms with Gasteiger partial charge in [0, 0.05) is 11.6 Å². The van der Waals surface area contributed by atoms with Crippen LogP contribution in [0.15, 0.2) is 0 Å². The van der Waals surface area contributed by atoms with Gasteiger partial charge in [-0.25, -0.2) is 0 Å². The van der Waals surface area contributed by atoms with Crippen molar-refractivity contribution in [3.63, 3.8) is 0 Å². The van der Waals surface area contributed by atoms with Gasteiger partial charge in [0.05, 0.1) is 0 Å². The predicted molar refractivity (Wildman–Crippen MR) is 60.3 cm³/mol. The number of nitrogens with zero attached hydrogens (tertiary/aromatic N) is 1. The highest BCUT2D eigenvalue weighted by molar-refractivity contribution is 4.96. The Hall–Kier alpha value is -0.0800. The van der Waals surface area contributed by atoms with Crippen LogP contribution in [-0.4, -0.2) is 29.6 Å². The van der Waals surface area contributed by atoms with Crippen molar-refractivity contribution < 1.29 is 0 Å². The molecule has 0 spiro atoms. The molecular weight excluding hydrogens is 172 g/mol. The molecule has 14 heavy (non-hydrogen) atoms. The lowest BCUT2D eigenvalue weighted by Crippen LogP contribution is -2.53. The van der Waals surface area contributed by atoms with Crippen LogP contribution in [0.4, 0.5) is 0 Å². The van der Waals surface area contributed by atoms with Gasteiger partial charge in [0.15, 0.2) is 0 Å². The Morgan fingerprint density at radius 3 is 2.64 bits per heavy atom. The Morgan fingerprint density at radius 1 is 1.29 bits per heavy atom. The highest BCUT2D eigenvalue weighted by Crippen LogP contribution is 2.36. The van der Waals surface area contributed by atoms with Crippen molar-refractivity contribution in [3.8, 4) is 0 Å². The Balaban J connectivity index is 1.87. The molecule has 2 aliphatic rings. The molecule has 2 N–H and O–H groups in total. The van der Waals surface area contributed by atoms with Crippen LogP contribution in [0.1, 0.15) is 51.9 Å². The van der Waals surface area contributed by atoms with Crippen molar-refractivity contribution in [2.45, 2.75) is 63.5 Å². The van der Waals surface area contributed by atoms with Crippen LogP contribution in [0, 0.1) is 0 Å². The maximum absolute atomic E-state index is 6.32. The van der Waals surface area contributed by atoms with E-state index in [4.69, 9.17) is 5.73 Å². The third-order valence-corrected chi connectivity index (χ3v) is 4.15. The molecule has 2 nitrogen and oxygen atoms in total. The molecular formula is C12H24N2. The van der Waals surface area contributed by atoms with Crippen LogP contribution in [-0.2, 0) is 0 Å². The smallest absolute Gasteiger partial charge is 0.0169 e. The SMILES string of the molecule is CCN1CCCCC1CC1(N)CCC1. The summed E-state index contributed by atoms with van der Waals surface area (Å²) in [6.07, 6.45) is 9.32. The average Bonchev–Trinajstić information content (AvgIpc) is 2.16.